The highest BCUT2D eigenvalue weighted by molar-refractivity contribution is 6.31. The van der Waals surface area contributed by atoms with Crippen LogP contribution >= 0.6 is 11.6 Å². The minimum absolute atomic E-state index is 0.0665. The minimum atomic E-state index is -0.551. The first-order chi connectivity index (χ1) is 15.0. The van der Waals surface area contributed by atoms with Crippen LogP contribution in [0, 0.1) is 5.82 Å². The van der Waals surface area contributed by atoms with Crippen LogP contribution in [0.2, 0.25) is 5.02 Å². The van der Waals surface area contributed by atoms with Crippen molar-refractivity contribution in [3.8, 4) is 0 Å². The zero-order valence-electron chi connectivity index (χ0n) is 16.7. The van der Waals surface area contributed by atoms with Crippen LogP contribution < -0.4 is 16.0 Å². The molecule has 0 aliphatic heterocycles. The van der Waals surface area contributed by atoms with Crippen molar-refractivity contribution < 1.29 is 14.0 Å². The van der Waals surface area contributed by atoms with E-state index in [2.05, 4.69) is 26.3 Å². The van der Waals surface area contributed by atoms with Gasteiger partial charge in [0.2, 0.25) is 0 Å². The molecule has 2 aromatic carbocycles. The van der Waals surface area contributed by atoms with Crippen molar-refractivity contribution in [2.24, 2.45) is 0 Å². The summed E-state index contributed by atoms with van der Waals surface area (Å²) in [5, 5.41) is 16.5. The third kappa shape index (κ3) is 5.11. The fraction of sp³-hybridized carbons (Fsp3) is 0.333. The molecule has 0 unspecified atom stereocenters. The second-order valence-electron chi connectivity index (χ2n) is 7.48. The lowest BCUT2D eigenvalue weighted by Gasteiger charge is -2.11. The molecule has 3 N–H and O–H groups in total. The smallest absolute Gasteiger partial charge is 0.319 e. The molecule has 0 radical (unpaired) electrons. The van der Waals surface area contributed by atoms with E-state index < -0.39 is 11.8 Å². The molecule has 0 spiro atoms. The van der Waals surface area contributed by atoms with Crippen LogP contribution in [0.15, 0.2) is 36.4 Å². The number of nitrogens with one attached hydrogen (secondary N) is 3. The number of carbonyl (C=O) groups is 2. The van der Waals surface area contributed by atoms with Gasteiger partial charge in [-0.3, -0.25) is 4.79 Å². The molecule has 3 aromatic rings. The molecule has 162 valence electrons. The first-order valence-corrected chi connectivity index (χ1v) is 10.5. The van der Waals surface area contributed by atoms with Gasteiger partial charge in [-0.15, -0.1) is 5.10 Å². The van der Waals surface area contributed by atoms with Crippen LogP contribution in [0.25, 0.3) is 11.0 Å². The van der Waals surface area contributed by atoms with Crippen LogP contribution in [0.4, 0.5) is 14.9 Å². The fourth-order valence-electron chi connectivity index (χ4n) is 3.64. The van der Waals surface area contributed by atoms with Crippen molar-refractivity contribution in [1.29, 1.82) is 0 Å². The molecule has 10 heteroatoms. The summed E-state index contributed by atoms with van der Waals surface area (Å²) in [7, 11) is 0. The Labute approximate surface area is 183 Å². The molecule has 1 saturated carbocycles. The number of halogens is 2. The number of aromatic nitrogens is 3. The number of rotatable bonds is 6. The number of carbonyl (C=O) groups excluding carboxylic acids is 2. The normalized spacial score (nSPS) is 14.0. The van der Waals surface area contributed by atoms with Crippen molar-refractivity contribution >= 4 is 40.3 Å². The Kier molecular flexibility index (Phi) is 6.31. The third-order valence-corrected chi connectivity index (χ3v) is 5.54. The van der Waals surface area contributed by atoms with Gasteiger partial charge in [-0.2, -0.15) is 0 Å². The zero-order valence-corrected chi connectivity index (χ0v) is 17.5. The van der Waals surface area contributed by atoms with Crippen molar-refractivity contribution in [3.05, 3.63) is 52.8 Å². The Bertz CT molecular complexity index is 1110. The van der Waals surface area contributed by atoms with E-state index in [-0.39, 0.29) is 17.0 Å². The van der Waals surface area contributed by atoms with E-state index in [4.69, 9.17) is 11.6 Å². The predicted octanol–water partition coefficient (Wildman–Crippen LogP) is 3.72. The number of hydrogen-bond donors (Lipinski definition) is 3. The second-order valence-corrected chi connectivity index (χ2v) is 7.89. The van der Waals surface area contributed by atoms with E-state index in [0.717, 1.165) is 31.2 Å². The van der Waals surface area contributed by atoms with Gasteiger partial charge < -0.3 is 16.0 Å². The molecule has 0 atom stereocenters. The van der Waals surface area contributed by atoms with E-state index >= 15 is 0 Å². The monoisotopic (exact) mass is 444 g/mol. The Morgan fingerprint density at radius 2 is 1.97 bits per heavy atom. The van der Waals surface area contributed by atoms with Gasteiger partial charge in [-0.1, -0.05) is 29.7 Å². The maximum atomic E-state index is 13.2. The topological polar surface area (TPSA) is 101 Å². The van der Waals surface area contributed by atoms with Gasteiger partial charge in [0, 0.05) is 23.8 Å². The van der Waals surface area contributed by atoms with Gasteiger partial charge in [0.05, 0.1) is 17.1 Å². The minimum Gasteiger partial charge on any atom is -0.349 e. The first kappa shape index (κ1) is 21.0. The second kappa shape index (κ2) is 9.30. The number of amides is 3. The Hall–Kier alpha value is -3.20. The molecule has 1 fully saturated rings. The number of nitrogens with zero attached hydrogens (tertiary/aromatic N) is 3. The van der Waals surface area contributed by atoms with E-state index in [9.17, 15) is 14.0 Å². The van der Waals surface area contributed by atoms with Gasteiger partial charge >= 0.3 is 6.03 Å². The van der Waals surface area contributed by atoms with Gasteiger partial charge in [0.1, 0.15) is 11.3 Å². The van der Waals surface area contributed by atoms with E-state index in [1.165, 1.54) is 18.2 Å². The number of urea groups is 1. The predicted molar refractivity (Wildman–Crippen MR) is 116 cm³/mol. The average Bonchev–Trinajstić information content (AvgIpc) is 3.40. The molecule has 31 heavy (non-hydrogen) atoms. The number of anilines is 1. The largest absolute Gasteiger partial charge is 0.349 e. The molecular formula is C21H22ClFN6O2. The van der Waals surface area contributed by atoms with E-state index in [0.29, 0.717) is 29.9 Å². The first-order valence-electron chi connectivity index (χ1n) is 10.1. The van der Waals surface area contributed by atoms with Gasteiger partial charge in [0.25, 0.3) is 5.91 Å². The summed E-state index contributed by atoms with van der Waals surface area (Å²) in [6, 6.07) is 9.03. The molecule has 0 saturated heterocycles. The summed E-state index contributed by atoms with van der Waals surface area (Å²) in [5.74, 6) is -0.646. The molecule has 1 aromatic heterocycles. The highest BCUT2D eigenvalue weighted by atomic mass is 35.5. The summed E-state index contributed by atoms with van der Waals surface area (Å²) >= 11 is 5.71. The van der Waals surface area contributed by atoms with Crippen LogP contribution in [0.1, 0.15) is 36.0 Å². The summed E-state index contributed by atoms with van der Waals surface area (Å²) in [6.45, 7) is 0.685. The summed E-state index contributed by atoms with van der Waals surface area (Å²) in [4.78, 5) is 24.5. The summed E-state index contributed by atoms with van der Waals surface area (Å²) < 4.78 is 14.8. The molecule has 1 aliphatic rings. The number of hydrogen-bond acceptors (Lipinski definition) is 4. The standard InChI is InChI=1S/C21H22ClFN6O2/c22-16-12-15(6-7-17(16)23)26-21(31)24-9-10-29-19-8-5-13(11-18(19)27-28-29)20(30)25-14-3-1-2-4-14/h5-8,11-12,14H,1-4,9-10H2,(H,25,30)(H2,24,26,31). The van der Waals surface area contributed by atoms with Crippen molar-refractivity contribution in [3.63, 3.8) is 0 Å². The Morgan fingerprint density at radius 3 is 2.74 bits per heavy atom. The molecule has 0 bridgehead atoms. The molecule has 4 rings (SSSR count). The van der Waals surface area contributed by atoms with Crippen molar-refractivity contribution in [2.45, 2.75) is 38.3 Å². The maximum Gasteiger partial charge on any atom is 0.319 e. The number of benzene rings is 2. The van der Waals surface area contributed by atoms with Gasteiger partial charge in [-0.05, 0) is 49.2 Å². The lowest BCUT2D eigenvalue weighted by molar-refractivity contribution is 0.0938. The zero-order chi connectivity index (χ0) is 21.8. The van der Waals surface area contributed by atoms with Crippen LogP contribution in [-0.4, -0.2) is 39.5 Å². The van der Waals surface area contributed by atoms with Crippen molar-refractivity contribution in [2.75, 3.05) is 11.9 Å². The summed E-state index contributed by atoms with van der Waals surface area (Å²) in [6.07, 6.45) is 4.36. The van der Waals surface area contributed by atoms with E-state index in [1.54, 1.807) is 22.9 Å². The Balaban J connectivity index is 1.31. The Morgan fingerprint density at radius 1 is 1.16 bits per heavy atom. The van der Waals surface area contributed by atoms with Gasteiger partial charge in [-0.25, -0.2) is 13.9 Å². The SMILES string of the molecule is O=C(NCCn1nnc2cc(C(=O)NC3CCCC3)ccc21)Nc1ccc(F)c(Cl)c1. The molecule has 1 aliphatic carbocycles. The molecule has 3 amide bonds. The molecular weight excluding hydrogens is 423 g/mol. The van der Waals surface area contributed by atoms with Gasteiger partial charge in [0.15, 0.2) is 0 Å². The van der Waals surface area contributed by atoms with Crippen molar-refractivity contribution in [1.82, 2.24) is 25.6 Å². The average molecular weight is 445 g/mol. The maximum absolute atomic E-state index is 13.2. The fourth-order valence-corrected chi connectivity index (χ4v) is 3.82. The molecule has 1 heterocycles. The third-order valence-electron chi connectivity index (χ3n) is 5.25. The van der Waals surface area contributed by atoms with Crippen LogP contribution in [-0.2, 0) is 6.54 Å². The summed E-state index contributed by atoms with van der Waals surface area (Å²) in [5.41, 5.74) is 2.33. The van der Waals surface area contributed by atoms with Crippen LogP contribution in [0.3, 0.4) is 0 Å². The highest BCUT2D eigenvalue weighted by Gasteiger charge is 2.18. The van der Waals surface area contributed by atoms with E-state index in [1.807, 2.05) is 0 Å². The highest BCUT2D eigenvalue weighted by Crippen LogP contribution is 2.20. The lowest BCUT2D eigenvalue weighted by Crippen LogP contribution is -2.32. The lowest BCUT2D eigenvalue weighted by atomic mass is 10.1. The van der Waals surface area contributed by atoms with Crippen LogP contribution in [0.5, 0.6) is 0 Å². The quantitative estimate of drug-likeness (QED) is 0.539. The molecule has 8 nitrogen and oxygen atoms in total. The number of fused-ring (bicyclic) bond motifs is 1.